The Kier molecular flexibility index (Phi) is 5.41. The standard InChI is InChI=1S/C22H24N4OS/c1-16-8-3-4-10-18(16)25-13-7-11-19(25)21-20(17-9-5-6-12-23-17)24-22(28)26(21)14-15-27-2/h3-13,20-21H,14-15H2,1-2H3,(H,24,28). The number of aryl methyl sites for hydroxylation is 1. The van der Waals surface area contributed by atoms with Crippen molar-refractivity contribution in [2.45, 2.75) is 19.0 Å². The van der Waals surface area contributed by atoms with Crippen LogP contribution in [0.3, 0.4) is 0 Å². The van der Waals surface area contributed by atoms with Crippen molar-refractivity contribution in [1.29, 1.82) is 0 Å². The molecule has 5 nitrogen and oxygen atoms in total. The Bertz CT molecular complexity index is 956. The lowest BCUT2D eigenvalue weighted by Gasteiger charge is -2.29. The van der Waals surface area contributed by atoms with E-state index in [1.165, 1.54) is 16.9 Å². The summed E-state index contributed by atoms with van der Waals surface area (Å²) in [5.41, 5.74) is 4.55. The van der Waals surface area contributed by atoms with Gasteiger partial charge in [-0.3, -0.25) is 4.98 Å². The molecule has 2 atom stereocenters. The minimum atomic E-state index is -0.0248. The van der Waals surface area contributed by atoms with Gasteiger partial charge in [0.25, 0.3) is 0 Å². The van der Waals surface area contributed by atoms with E-state index in [1.807, 2.05) is 24.4 Å². The minimum Gasteiger partial charge on any atom is -0.383 e. The van der Waals surface area contributed by atoms with E-state index in [1.54, 1.807) is 7.11 Å². The van der Waals surface area contributed by atoms with Gasteiger partial charge in [-0.05, 0) is 55.0 Å². The van der Waals surface area contributed by atoms with Gasteiger partial charge in [0.2, 0.25) is 0 Å². The average molecular weight is 393 g/mol. The van der Waals surface area contributed by atoms with Crippen LogP contribution in [0.2, 0.25) is 0 Å². The molecule has 0 bridgehead atoms. The average Bonchev–Trinajstić information content (AvgIpc) is 3.31. The normalized spacial score (nSPS) is 19.1. The summed E-state index contributed by atoms with van der Waals surface area (Å²) < 4.78 is 7.60. The summed E-state index contributed by atoms with van der Waals surface area (Å²) >= 11 is 5.69. The van der Waals surface area contributed by atoms with Crippen molar-refractivity contribution < 1.29 is 4.74 Å². The molecule has 0 saturated carbocycles. The van der Waals surface area contributed by atoms with Gasteiger partial charge in [-0.25, -0.2) is 0 Å². The number of nitrogens with one attached hydrogen (secondary N) is 1. The third kappa shape index (κ3) is 3.41. The Hall–Kier alpha value is -2.70. The molecule has 1 aliphatic rings. The second kappa shape index (κ2) is 8.12. The predicted octanol–water partition coefficient (Wildman–Crippen LogP) is 3.80. The Morgan fingerprint density at radius 3 is 2.68 bits per heavy atom. The van der Waals surface area contributed by atoms with Crippen molar-refractivity contribution in [2.24, 2.45) is 0 Å². The summed E-state index contributed by atoms with van der Waals surface area (Å²) in [5, 5.41) is 4.22. The van der Waals surface area contributed by atoms with E-state index >= 15 is 0 Å². The van der Waals surface area contributed by atoms with Crippen molar-refractivity contribution in [1.82, 2.24) is 19.8 Å². The SMILES string of the molecule is COCCN1C(=S)NC(c2ccccn2)C1c1cccn1-c1ccccc1C. The molecule has 3 heterocycles. The van der Waals surface area contributed by atoms with Crippen LogP contribution < -0.4 is 5.32 Å². The number of pyridine rings is 1. The molecular weight excluding hydrogens is 368 g/mol. The Morgan fingerprint density at radius 2 is 1.93 bits per heavy atom. The fourth-order valence-corrected chi connectivity index (χ4v) is 4.18. The van der Waals surface area contributed by atoms with E-state index in [0.29, 0.717) is 6.61 Å². The maximum Gasteiger partial charge on any atom is 0.170 e. The number of benzene rings is 1. The third-order valence-electron chi connectivity index (χ3n) is 5.19. The molecule has 3 aromatic rings. The lowest BCUT2D eigenvalue weighted by Crippen LogP contribution is -2.33. The monoisotopic (exact) mass is 392 g/mol. The van der Waals surface area contributed by atoms with E-state index in [-0.39, 0.29) is 12.1 Å². The first-order chi connectivity index (χ1) is 13.7. The van der Waals surface area contributed by atoms with Gasteiger partial charge < -0.3 is 19.5 Å². The van der Waals surface area contributed by atoms with Gasteiger partial charge in [-0.2, -0.15) is 0 Å². The maximum atomic E-state index is 5.69. The highest BCUT2D eigenvalue weighted by Gasteiger charge is 2.41. The van der Waals surface area contributed by atoms with Crippen LogP contribution in [0.15, 0.2) is 67.0 Å². The number of ether oxygens (including phenoxy) is 1. The van der Waals surface area contributed by atoms with E-state index in [4.69, 9.17) is 17.0 Å². The number of hydrogen-bond donors (Lipinski definition) is 1. The van der Waals surface area contributed by atoms with Crippen LogP contribution in [0, 0.1) is 6.92 Å². The third-order valence-corrected chi connectivity index (χ3v) is 5.54. The van der Waals surface area contributed by atoms with Crippen molar-refractivity contribution in [3.63, 3.8) is 0 Å². The van der Waals surface area contributed by atoms with Crippen LogP contribution in [-0.4, -0.2) is 39.8 Å². The van der Waals surface area contributed by atoms with Crippen LogP contribution in [0.25, 0.3) is 5.69 Å². The highest BCUT2D eigenvalue weighted by molar-refractivity contribution is 7.80. The molecular formula is C22H24N4OS. The van der Waals surface area contributed by atoms with E-state index in [9.17, 15) is 0 Å². The summed E-state index contributed by atoms with van der Waals surface area (Å²) in [6.45, 7) is 3.46. The second-order valence-corrected chi connectivity index (χ2v) is 7.29. The molecule has 144 valence electrons. The summed E-state index contributed by atoms with van der Waals surface area (Å²) in [4.78, 5) is 6.81. The van der Waals surface area contributed by atoms with Crippen LogP contribution in [-0.2, 0) is 4.74 Å². The minimum absolute atomic E-state index is 0.0205. The smallest absolute Gasteiger partial charge is 0.170 e. The Labute approximate surface area is 171 Å². The molecule has 0 amide bonds. The highest BCUT2D eigenvalue weighted by Crippen LogP contribution is 2.39. The van der Waals surface area contributed by atoms with Crippen LogP contribution in [0.1, 0.15) is 29.0 Å². The molecule has 0 spiro atoms. The molecule has 1 aliphatic heterocycles. The van der Waals surface area contributed by atoms with Crippen molar-refractivity contribution in [3.8, 4) is 5.69 Å². The fourth-order valence-electron chi connectivity index (χ4n) is 3.85. The number of thiocarbonyl (C=S) groups is 1. The summed E-state index contributed by atoms with van der Waals surface area (Å²) in [5.74, 6) is 0. The Morgan fingerprint density at radius 1 is 1.11 bits per heavy atom. The van der Waals surface area contributed by atoms with Gasteiger partial charge in [0.1, 0.15) is 0 Å². The van der Waals surface area contributed by atoms with Crippen molar-refractivity contribution in [2.75, 3.05) is 20.3 Å². The number of hydrogen-bond acceptors (Lipinski definition) is 3. The second-order valence-electron chi connectivity index (χ2n) is 6.90. The molecule has 6 heteroatoms. The molecule has 1 saturated heterocycles. The van der Waals surface area contributed by atoms with Gasteiger partial charge in [0.05, 0.1) is 24.4 Å². The van der Waals surface area contributed by atoms with E-state index in [2.05, 4.69) is 69.3 Å². The molecule has 0 radical (unpaired) electrons. The predicted molar refractivity (Wildman–Crippen MR) is 115 cm³/mol. The van der Waals surface area contributed by atoms with E-state index in [0.717, 1.165) is 17.4 Å². The molecule has 0 aliphatic carbocycles. The largest absolute Gasteiger partial charge is 0.383 e. The zero-order valence-corrected chi connectivity index (χ0v) is 16.9. The first-order valence-corrected chi connectivity index (χ1v) is 9.82. The van der Waals surface area contributed by atoms with Crippen molar-refractivity contribution in [3.05, 3.63) is 83.9 Å². The summed E-state index contributed by atoms with van der Waals surface area (Å²) in [7, 11) is 1.72. The number of rotatable bonds is 6. The van der Waals surface area contributed by atoms with Crippen LogP contribution in [0.5, 0.6) is 0 Å². The molecule has 28 heavy (non-hydrogen) atoms. The molecule has 2 aromatic heterocycles. The van der Waals surface area contributed by atoms with Crippen molar-refractivity contribution >= 4 is 17.3 Å². The number of para-hydroxylation sites is 1. The Balaban J connectivity index is 1.81. The fraction of sp³-hybridized carbons (Fsp3) is 0.273. The van der Waals surface area contributed by atoms with Gasteiger partial charge in [-0.1, -0.05) is 24.3 Å². The molecule has 1 aromatic carbocycles. The zero-order valence-electron chi connectivity index (χ0n) is 16.1. The highest BCUT2D eigenvalue weighted by atomic mass is 32.1. The molecule has 2 unspecified atom stereocenters. The lowest BCUT2D eigenvalue weighted by molar-refractivity contribution is 0.163. The first-order valence-electron chi connectivity index (χ1n) is 9.41. The molecule has 1 N–H and O–H groups in total. The van der Waals surface area contributed by atoms with Gasteiger partial charge in [-0.15, -0.1) is 0 Å². The topological polar surface area (TPSA) is 42.3 Å². The maximum absolute atomic E-state index is 5.69. The summed E-state index contributed by atoms with van der Waals surface area (Å²) in [6, 6.07) is 18.7. The number of methoxy groups -OCH3 is 1. The van der Waals surface area contributed by atoms with Crippen LogP contribution in [0.4, 0.5) is 0 Å². The van der Waals surface area contributed by atoms with E-state index < -0.39 is 0 Å². The first kappa shape index (κ1) is 18.7. The molecule has 1 fully saturated rings. The quantitative estimate of drug-likeness (QED) is 0.647. The van der Waals surface area contributed by atoms with Gasteiger partial charge >= 0.3 is 0 Å². The summed E-state index contributed by atoms with van der Waals surface area (Å²) in [6.07, 6.45) is 3.94. The number of nitrogens with zero attached hydrogens (tertiary/aromatic N) is 3. The lowest BCUT2D eigenvalue weighted by atomic mass is 10.0. The molecule has 4 rings (SSSR count). The van der Waals surface area contributed by atoms with Gasteiger partial charge in [0.15, 0.2) is 5.11 Å². The van der Waals surface area contributed by atoms with Crippen LogP contribution >= 0.6 is 12.2 Å². The zero-order chi connectivity index (χ0) is 19.5. The number of aromatic nitrogens is 2. The van der Waals surface area contributed by atoms with Gasteiger partial charge in [0, 0.05) is 37.4 Å².